The molecule has 0 spiro atoms. The van der Waals surface area contributed by atoms with Crippen LogP contribution >= 0.6 is 11.8 Å². The lowest BCUT2D eigenvalue weighted by atomic mass is 10.1. The van der Waals surface area contributed by atoms with Crippen LogP contribution in [0.5, 0.6) is 5.75 Å². The molecule has 7 nitrogen and oxygen atoms in total. The van der Waals surface area contributed by atoms with E-state index in [0.29, 0.717) is 18.8 Å². The van der Waals surface area contributed by atoms with Crippen LogP contribution in [-0.2, 0) is 18.3 Å². The molecule has 1 N–H and O–H groups in total. The topological polar surface area (TPSA) is 74.5 Å². The SMILES string of the molecule is Cn1c(Cc2ccccc2)nnc1SCC(=O)N1CCN(c2ccc(O)cc2)CC1. The third-order valence-electron chi connectivity index (χ3n) is 5.30. The van der Waals surface area contributed by atoms with Gasteiger partial charge in [-0.3, -0.25) is 4.79 Å². The van der Waals surface area contributed by atoms with Crippen molar-refractivity contribution < 1.29 is 9.90 Å². The van der Waals surface area contributed by atoms with Crippen LogP contribution in [-0.4, -0.2) is 62.6 Å². The molecule has 0 atom stereocenters. The monoisotopic (exact) mass is 423 g/mol. The van der Waals surface area contributed by atoms with Crippen LogP contribution in [0.15, 0.2) is 59.8 Å². The number of thioether (sulfide) groups is 1. The Hall–Kier alpha value is -3.00. The Balaban J connectivity index is 1.28. The van der Waals surface area contributed by atoms with E-state index in [1.54, 1.807) is 12.1 Å². The summed E-state index contributed by atoms with van der Waals surface area (Å²) in [5.41, 5.74) is 2.26. The van der Waals surface area contributed by atoms with Gasteiger partial charge in [0.05, 0.1) is 5.75 Å². The highest BCUT2D eigenvalue weighted by molar-refractivity contribution is 7.99. The number of carbonyl (C=O) groups excluding carboxylic acids is 1. The van der Waals surface area contributed by atoms with Gasteiger partial charge in [0, 0.05) is 45.3 Å². The number of benzene rings is 2. The van der Waals surface area contributed by atoms with Gasteiger partial charge in [0.15, 0.2) is 5.16 Å². The average molecular weight is 424 g/mol. The molecular formula is C22H25N5O2S. The van der Waals surface area contributed by atoms with Crippen LogP contribution in [0.1, 0.15) is 11.4 Å². The highest BCUT2D eigenvalue weighted by Gasteiger charge is 2.22. The molecule has 4 rings (SSSR count). The van der Waals surface area contributed by atoms with Gasteiger partial charge >= 0.3 is 0 Å². The zero-order valence-corrected chi connectivity index (χ0v) is 17.8. The van der Waals surface area contributed by atoms with Gasteiger partial charge in [-0.1, -0.05) is 42.1 Å². The van der Waals surface area contributed by atoms with Crippen molar-refractivity contribution in [3.05, 3.63) is 66.0 Å². The molecule has 156 valence electrons. The molecule has 1 fully saturated rings. The van der Waals surface area contributed by atoms with Crippen molar-refractivity contribution in [1.29, 1.82) is 0 Å². The molecule has 2 heterocycles. The third-order valence-corrected chi connectivity index (χ3v) is 6.31. The summed E-state index contributed by atoms with van der Waals surface area (Å²) >= 11 is 1.44. The maximum atomic E-state index is 12.7. The molecule has 2 aromatic carbocycles. The van der Waals surface area contributed by atoms with E-state index in [-0.39, 0.29) is 11.7 Å². The molecule has 0 aliphatic carbocycles. The first-order valence-corrected chi connectivity index (χ1v) is 11.0. The lowest BCUT2D eigenvalue weighted by molar-refractivity contribution is -0.128. The second-order valence-electron chi connectivity index (χ2n) is 7.29. The van der Waals surface area contributed by atoms with E-state index in [1.165, 1.54) is 17.3 Å². The molecule has 1 amide bonds. The Bertz CT molecular complexity index is 983. The Kier molecular flexibility index (Phi) is 6.23. The Morgan fingerprint density at radius 2 is 1.70 bits per heavy atom. The number of aromatic hydroxyl groups is 1. The number of nitrogens with zero attached hydrogens (tertiary/aromatic N) is 5. The van der Waals surface area contributed by atoms with Crippen LogP contribution in [0.25, 0.3) is 0 Å². The lowest BCUT2D eigenvalue weighted by Crippen LogP contribution is -2.49. The summed E-state index contributed by atoms with van der Waals surface area (Å²) in [7, 11) is 1.95. The first-order chi connectivity index (χ1) is 14.6. The van der Waals surface area contributed by atoms with Crippen molar-refractivity contribution in [3.63, 3.8) is 0 Å². The number of anilines is 1. The Labute approximate surface area is 180 Å². The van der Waals surface area contributed by atoms with Gasteiger partial charge in [-0.2, -0.15) is 0 Å². The summed E-state index contributed by atoms with van der Waals surface area (Å²) in [6, 6.07) is 17.4. The zero-order valence-electron chi connectivity index (χ0n) is 16.9. The van der Waals surface area contributed by atoms with Crippen molar-refractivity contribution in [1.82, 2.24) is 19.7 Å². The quantitative estimate of drug-likeness (QED) is 0.614. The fraction of sp³-hybridized carbons (Fsp3) is 0.318. The molecule has 1 aliphatic rings. The third kappa shape index (κ3) is 4.76. The number of hydrogen-bond acceptors (Lipinski definition) is 6. The van der Waals surface area contributed by atoms with Crippen molar-refractivity contribution in [2.24, 2.45) is 7.05 Å². The first kappa shape index (κ1) is 20.3. The number of aromatic nitrogens is 3. The molecular weight excluding hydrogens is 398 g/mol. The molecule has 30 heavy (non-hydrogen) atoms. The van der Waals surface area contributed by atoms with Gasteiger partial charge in [-0.05, 0) is 29.8 Å². The van der Waals surface area contributed by atoms with E-state index >= 15 is 0 Å². The first-order valence-electron chi connectivity index (χ1n) is 9.97. The van der Waals surface area contributed by atoms with Crippen molar-refractivity contribution in [2.45, 2.75) is 11.6 Å². The number of phenolic OH excluding ortho intramolecular Hbond substituents is 1. The van der Waals surface area contributed by atoms with Crippen LogP contribution in [0, 0.1) is 0 Å². The normalized spacial score (nSPS) is 14.2. The van der Waals surface area contributed by atoms with Gasteiger partial charge in [-0.15, -0.1) is 10.2 Å². The van der Waals surface area contributed by atoms with Gasteiger partial charge in [0.2, 0.25) is 5.91 Å². The Morgan fingerprint density at radius 1 is 1.00 bits per heavy atom. The number of carbonyl (C=O) groups is 1. The van der Waals surface area contributed by atoms with Crippen molar-refractivity contribution >= 4 is 23.4 Å². The van der Waals surface area contributed by atoms with Gasteiger partial charge in [0.25, 0.3) is 0 Å². The molecule has 0 radical (unpaired) electrons. The van der Waals surface area contributed by atoms with Gasteiger partial charge in [0.1, 0.15) is 11.6 Å². The molecule has 0 saturated carbocycles. The highest BCUT2D eigenvalue weighted by atomic mass is 32.2. The van der Waals surface area contributed by atoms with E-state index < -0.39 is 0 Å². The largest absolute Gasteiger partial charge is 0.508 e. The number of rotatable bonds is 6. The summed E-state index contributed by atoms with van der Waals surface area (Å²) in [6.45, 7) is 2.95. The number of hydrogen-bond donors (Lipinski definition) is 1. The summed E-state index contributed by atoms with van der Waals surface area (Å²) in [4.78, 5) is 16.8. The van der Waals surface area contributed by atoms with Gasteiger partial charge < -0.3 is 19.5 Å². The fourth-order valence-corrected chi connectivity index (χ4v) is 4.33. The minimum atomic E-state index is 0.123. The minimum absolute atomic E-state index is 0.123. The molecule has 3 aromatic rings. The van der Waals surface area contributed by atoms with Crippen LogP contribution in [0.3, 0.4) is 0 Å². The smallest absolute Gasteiger partial charge is 0.233 e. The fourth-order valence-electron chi connectivity index (χ4n) is 3.50. The predicted octanol–water partition coefficient (Wildman–Crippen LogP) is 2.55. The number of amides is 1. The summed E-state index contributed by atoms with van der Waals surface area (Å²) in [5.74, 6) is 1.63. The molecule has 1 aliphatic heterocycles. The van der Waals surface area contributed by atoms with E-state index in [9.17, 15) is 9.90 Å². The van der Waals surface area contributed by atoms with Crippen molar-refractivity contribution in [3.8, 4) is 5.75 Å². The number of phenols is 1. The second kappa shape index (κ2) is 9.21. The van der Waals surface area contributed by atoms with Crippen LogP contribution in [0.4, 0.5) is 5.69 Å². The van der Waals surface area contributed by atoms with Crippen LogP contribution in [0.2, 0.25) is 0 Å². The number of piperazine rings is 1. The Morgan fingerprint density at radius 3 is 2.40 bits per heavy atom. The average Bonchev–Trinajstić information content (AvgIpc) is 3.12. The van der Waals surface area contributed by atoms with E-state index in [2.05, 4.69) is 27.2 Å². The summed E-state index contributed by atoms with van der Waals surface area (Å²) < 4.78 is 1.97. The minimum Gasteiger partial charge on any atom is -0.508 e. The maximum absolute atomic E-state index is 12.7. The molecule has 0 bridgehead atoms. The summed E-state index contributed by atoms with van der Waals surface area (Å²) in [5, 5.41) is 18.8. The standard InChI is InChI=1S/C22H25N5O2S/c1-25-20(15-17-5-3-2-4-6-17)23-24-22(25)30-16-21(29)27-13-11-26(12-14-27)18-7-9-19(28)10-8-18/h2-10,28H,11-16H2,1H3. The molecule has 0 unspecified atom stereocenters. The van der Waals surface area contributed by atoms with Crippen molar-refractivity contribution in [2.75, 3.05) is 36.8 Å². The molecule has 8 heteroatoms. The summed E-state index contributed by atoms with van der Waals surface area (Å²) in [6.07, 6.45) is 0.720. The zero-order chi connectivity index (χ0) is 20.9. The molecule has 1 saturated heterocycles. The second-order valence-corrected chi connectivity index (χ2v) is 8.24. The molecule has 1 aromatic heterocycles. The highest BCUT2D eigenvalue weighted by Crippen LogP contribution is 2.21. The van der Waals surface area contributed by atoms with E-state index in [0.717, 1.165) is 36.2 Å². The maximum Gasteiger partial charge on any atom is 0.233 e. The van der Waals surface area contributed by atoms with E-state index in [1.807, 2.05) is 46.8 Å². The predicted molar refractivity (Wildman–Crippen MR) is 118 cm³/mol. The van der Waals surface area contributed by atoms with Gasteiger partial charge in [-0.25, -0.2) is 0 Å². The van der Waals surface area contributed by atoms with E-state index in [4.69, 9.17) is 0 Å². The lowest BCUT2D eigenvalue weighted by Gasteiger charge is -2.36. The van der Waals surface area contributed by atoms with Crippen LogP contribution < -0.4 is 4.90 Å².